The molecule has 8 rings (SSSR count). The predicted molar refractivity (Wildman–Crippen MR) is 331 cm³/mol. The van der Waals surface area contributed by atoms with E-state index in [1.54, 1.807) is 50.2 Å². The molecule has 4 aromatic carbocycles. The smallest absolute Gasteiger partial charge is 0.410 e. The number of halogens is 2. The molecule has 4 saturated heterocycles. The molecule has 24 nitrogen and oxygen atoms in total. The molecule has 4 amide bonds. The number of rotatable bonds is 16. The number of esters is 4. The van der Waals surface area contributed by atoms with E-state index in [-0.39, 0.29) is 123 Å². The van der Waals surface area contributed by atoms with Gasteiger partial charge in [0.25, 0.3) is 11.3 Å². The van der Waals surface area contributed by atoms with E-state index in [0.717, 1.165) is 32.1 Å². The maximum atomic E-state index is 14.9. The van der Waals surface area contributed by atoms with Crippen LogP contribution in [-0.2, 0) is 103 Å². The number of Topliss-reactive ketones (excluding diaryl/α,β-unsaturated/α-hetero) is 4. The highest BCUT2D eigenvalue weighted by atomic mass is 19.1. The van der Waals surface area contributed by atoms with Gasteiger partial charge in [0.05, 0.1) is 46.1 Å². The molecule has 4 heterocycles. The number of carbonyl (C=O) groups is 12. The molecule has 508 valence electrons. The average Bonchev–Trinajstić information content (AvgIpc) is 1.52. The van der Waals surface area contributed by atoms with Gasteiger partial charge in [0.1, 0.15) is 44.0 Å². The second-order valence-electron chi connectivity index (χ2n) is 21.8. The minimum atomic E-state index is -2.84. The van der Waals surface area contributed by atoms with Gasteiger partial charge in [0.2, 0.25) is 5.78 Å². The van der Waals surface area contributed by atoms with Crippen molar-refractivity contribution in [1.82, 2.24) is 19.6 Å². The van der Waals surface area contributed by atoms with Crippen molar-refractivity contribution in [2.75, 3.05) is 78.8 Å². The van der Waals surface area contributed by atoms with Gasteiger partial charge >= 0.3 is 48.3 Å². The number of alkyl halides is 2. The van der Waals surface area contributed by atoms with Gasteiger partial charge in [-0.05, 0) is 82.1 Å². The van der Waals surface area contributed by atoms with Crippen LogP contribution >= 0.6 is 0 Å². The SMILES string of the molecule is CCOC(=O)C1(F)CCCN(C(=O)OCc2ccccc2)CC1=O.CCOC(=O)C1(F)CN(C(=O)OCc2ccccc2)CCCC1=O.CCOC(=O)C1CCCN(C(=O)OCc2ccccc2)CC1=O.CCOC(=O)C1CN(C(=O)OCc2ccccc2)CCCC1=O. The number of nitrogens with zero attached hydrogens (tertiary/aromatic N) is 4. The summed E-state index contributed by atoms with van der Waals surface area (Å²) in [5, 5.41) is 0. The summed E-state index contributed by atoms with van der Waals surface area (Å²) in [5.41, 5.74) is -2.17. The summed E-state index contributed by atoms with van der Waals surface area (Å²) < 4.78 is 69.5. The molecule has 26 heteroatoms. The van der Waals surface area contributed by atoms with Crippen molar-refractivity contribution < 1.29 is 104 Å². The van der Waals surface area contributed by atoms with E-state index in [4.69, 9.17) is 28.4 Å². The Hall–Kier alpha value is -9.62. The Bertz CT molecular complexity index is 3160. The van der Waals surface area contributed by atoms with Gasteiger partial charge in [0, 0.05) is 52.0 Å². The molecule has 4 aliphatic rings. The number of hydrogen-bond acceptors (Lipinski definition) is 20. The Morgan fingerprint density at radius 3 is 1.23 bits per heavy atom. The normalized spacial score (nSPS) is 19.7. The molecule has 0 N–H and O–H groups in total. The fraction of sp³-hybridized carbons (Fsp3) is 0.471. The van der Waals surface area contributed by atoms with E-state index in [9.17, 15) is 66.3 Å². The zero-order valence-electron chi connectivity index (χ0n) is 53.4. The van der Waals surface area contributed by atoms with Crippen LogP contribution < -0.4 is 0 Å². The summed E-state index contributed by atoms with van der Waals surface area (Å²) >= 11 is 0. The molecule has 0 saturated carbocycles. The maximum Gasteiger partial charge on any atom is 0.410 e. The lowest BCUT2D eigenvalue weighted by molar-refractivity contribution is -0.163. The summed E-state index contributed by atoms with van der Waals surface area (Å²) in [4.78, 5) is 149. The Morgan fingerprint density at radius 1 is 0.404 bits per heavy atom. The van der Waals surface area contributed by atoms with Crippen LogP contribution in [-0.4, -0.2) is 181 Å². The van der Waals surface area contributed by atoms with Crippen LogP contribution in [0, 0.1) is 11.8 Å². The van der Waals surface area contributed by atoms with Crippen LogP contribution in [0.3, 0.4) is 0 Å². The Labute approximate surface area is 544 Å². The highest BCUT2D eigenvalue weighted by molar-refractivity contribution is 6.09. The van der Waals surface area contributed by atoms with Crippen LogP contribution in [0.4, 0.5) is 28.0 Å². The maximum absolute atomic E-state index is 14.9. The topological polar surface area (TPSA) is 292 Å². The van der Waals surface area contributed by atoms with Gasteiger partial charge in [-0.25, -0.2) is 37.5 Å². The lowest BCUT2D eigenvalue weighted by Gasteiger charge is -2.26. The summed E-state index contributed by atoms with van der Waals surface area (Å²) in [7, 11) is 0. The molecule has 4 aliphatic heterocycles. The number of carbonyl (C=O) groups excluding carboxylic acids is 12. The van der Waals surface area contributed by atoms with E-state index in [1.807, 2.05) is 84.9 Å². The summed E-state index contributed by atoms with van der Waals surface area (Å²) in [6.45, 7) is 7.04. The number of benzene rings is 4. The van der Waals surface area contributed by atoms with E-state index >= 15 is 0 Å². The molecular weight excluding hydrogens is 1230 g/mol. The highest BCUT2D eigenvalue weighted by Gasteiger charge is 2.52. The number of amides is 4. The van der Waals surface area contributed by atoms with E-state index in [2.05, 4.69) is 9.47 Å². The lowest BCUT2D eigenvalue weighted by Crippen LogP contribution is -2.52. The predicted octanol–water partition coefficient (Wildman–Crippen LogP) is 8.85. The van der Waals surface area contributed by atoms with Crippen molar-refractivity contribution in [1.29, 1.82) is 0 Å². The Kier molecular flexibility index (Phi) is 31.2. The van der Waals surface area contributed by atoms with Crippen LogP contribution in [0.5, 0.6) is 0 Å². The van der Waals surface area contributed by atoms with Crippen molar-refractivity contribution in [2.24, 2.45) is 11.8 Å². The molecule has 4 atom stereocenters. The van der Waals surface area contributed by atoms with Crippen molar-refractivity contribution >= 4 is 71.4 Å². The largest absolute Gasteiger partial charge is 0.465 e. The molecular formula is C68H82F2N4O20. The lowest BCUT2D eigenvalue weighted by atomic mass is 9.96. The quantitative estimate of drug-likeness (QED) is 0.0574. The van der Waals surface area contributed by atoms with Crippen molar-refractivity contribution in [3.05, 3.63) is 144 Å². The third-order valence-electron chi connectivity index (χ3n) is 14.9. The first-order valence-electron chi connectivity index (χ1n) is 31.2. The summed E-state index contributed by atoms with van der Waals surface area (Å²) in [5.74, 6) is -7.51. The zero-order valence-corrected chi connectivity index (χ0v) is 53.4. The molecule has 4 aromatic rings. The van der Waals surface area contributed by atoms with Crippen LogP contribution in [0.2, 0.25) is 0 Å². The van der Waals surface area contributed by atoms with Gasteiger partial charge in [0.15, 0.2) is 11.6 Å². The average molecular weight is 1310 g/mol. The fourth-order valence-corrected chi connectivity index (χ4v) is 9.85. The monoisotopic (exact) mass is 1310 g/mol. The number of likely N-dealkylation sites (tertiary alicyclic amines) is 4. The van der Waals surface area contributed by atoms with Crippen molar-refractivity contribution in [3.63, 3.8) is 0 Å². The van der Waals surface area contributed by atoms with E-state index < -0.39 is 96.1 Å². The minimum absolute atomic E-state index is 0.0133. The van der Waals surface area contributed by atoms with Crippen LogP contribution in [0.15, 0.2) is 121 Å². The van der Waals surface area contributed by atoms with E-state index in [1.165, 1.54) is 23.6 Å². The van der Waals surface area contributed by atoms with Gasteiger partial charge < -0.3 is 57.5 Å². The first kappa shape index (κ1) is 75.1. The number of ether oxygens (including phenoxy) is 8. The molecule has 0 radical (unpaired) electrons. The molecule has 4 unspecified atom stereocenters. The van der Waals surface area contributed by atoms with E-state index in [0.29, 0.717) is 32.4 Å². The number of hydrogen-bond donors (Lipinski definition) is 0. The Morgan fingerprint density at radius 2 is 0.777 bits per heavy atom. The molecule has 0 spiro atoms. The number of ketones is 4. The minimum Gasteiger partial charge on any atom is -0.465 e. The first-order chi connectivity index (χ1) is 45.2. The molecule has 94 heavy (non-hydrogen) atoms. The van der Waals surface area contributed by atoms with Crippen LogP contribution in [0.1, 0.15) is 101 Å². The summed E-state index contributed by atoms with van der Waals surface area (Å²) in [6.07, 6.45) is -0.752. The van der Waals surface area contributed by atoms with Gasteiger partial charge in [-0.3, -0.25) is 28.8 Å². The molecule has 4 fully saturated rings. The van der Waals surface area contributed by atoms with Crippen LogP contribution in [0.25, 0.3) is 0 Å². The van der Waals surface area contributed by atoms with Gasteiger partial charge in [-0.2, -0.15) is 0 Å². The zero-order chi connectivity index (χ0) is 68.5. The first-order valence-corrected chi connectivity index (χ1v) is 31.2. The summed E-state index contributed by atoms with van der Waals surface area (Å²) in [6, 6.07) is 36.8. The highest BCUT2D eigenvalue weighted by Crippen LogP contribution is 2.28. The second-order valence-corrected chi connectivity index (χ2v) is 21.8. The van der Waals surface area contributed by atoms with Gasteiger partial charge in [-0.15, -0.1) is 0 Å². The van der Waals surface area contributed by atoms with Gasteiger partial charge in [-0.1, -0.05) is 121 Å². The molecule has 0 aromatic heterocycles. The van der Waals surface area contributed by atoms with Crippen molar-refractivity contribution in [2.45, 2.75) is 117 Å². The van der Waals surface area contributed by atoms with Crippen molar-refractivity contribution in [3.8, 4) is 0 Å². The second kappa shape index (κ2) is 39.0. The standard InChI is InChI=1S/2C17H20FNO5.2C17H21NO5/c1-2-23-15(21)17(18)9-6-10-19(11-14(17)20)16(22)24-12-13-7-4-3-5-8-13;1-2-23-15(21)17(18)12-19(10-6-9-14(17)20)16(22)24-11-13-7-4-3-5-8-13;1-2-22-16(20)14-11-18(10-6-9-15(14)19)17(21)23-12-13-7-4-3-5-8-13;1-2-22-16(20)14-9-6-10-18(11-15(14)19)17(21)23-12-13-7-4-3-5-8-13/h2*3-5,7-8H,2,6,9-12H2,1H3;2*3-5,7-8,14H,2,6,9-12H2,1H3. The molecule has 0 aliphatic carbocycles. The third kappa shape index (κ3) is 23.5. The Balaban J connectivity index is 0.000000227. The third-order valence-corrected chi connectivity index (χ3v) is 14.9. The fourth-order valence-electron chi connectivity index (χ4n) is 9.85. The molecule has 0 bridgehead atoms.